The third kappa shape index (κ3) is 4.74. The van der Waals surface area contributed by atoms with Crippen LogP contribution in [0.15, 0.2) is 42.5 Å². The summed E-state index contributed by atoms with van der Waals surface area (Å²) in [5.41, 5.74) is 2.04. The van der Waals surface area contributed by atoms with E-state index < -0.39 is 0 Å². The van der Waals surface area contributed by atoms with Gasteiger partial charge in [0.25, 0.3) is 0 Å². The highest BCUT2D eigenvalue weighted by molar-refractivity contribution is 5.73. The van der Waals surface area contributed by atoms with Crippen LogP contribution in [0.5, 0.6) is 17.2 Å². The minimum atomic E-state index is -0.291. The fourth-order valence-electron chi connectivity index (χ4n) is 2.29. The second-order valence-corrected chi connectivity index (χ2v) is 5.17. The highest BCUT2D eigenvalue weighted by Crippen LogP contribution is 2.29. The Labute approximate surface area is 137 Å². The minimum Gasteiger partial charge on any atom is -0.496 e. The summed E-state index contributed by atoms with van der Waals surface area (Å²) >= 11 is 0. The number of esters is 1. The summed E-state index contributed by atoms with van der Waals surface area (Å²) < 4.78 is 16.3. The Bertz CT molecular complexity index is 664. The molecular weight excluding hydrogens is 292 g/mol. The van der Waals surface area contributed by atoms with Crippen LogP contribution in [0.4, 0.5) is 0 Å². The van der Waals surface area contributed by atoms with Crippen molar-refractivity contribution in [2.75, 3.05) is 13.7 Å². The third-order valence-corrected chi connectivity index (χ3v) is 3.41. The zero-order chi connectivity index (χ0) is 16.7. The van der Waals surface area contributed by atoms with E-state index in [0.717, 1.165) is 16.9 Å². The van der Waals surface area contributed by atoms with E-state index in [4.69, 9.17) is 14.2 Å². The van der Waals surface area contributed by atoms with Gasteiger partial charge in [-0.2, -0.15) is 0 Å². The number of ether oxygens (including phenoxy) is 3. The molecule has 0 atom stereocenters. The van der Waals surface area contributed by atoms with Crippen molar-refractivity contribution in [1.82, 2.24) is 0 Å². The molecule has 0 heterocycles. The lowest BCUT2D eigenvalue weighted by atomic mass is 10.1. The first-order chi connectivity index (χ1) is 11.1. The van der Waals surface area contributed by atoms with Crippen LogP contribution in [0.1, 0.15) is 24.5 Å². The Kier molecular flexibility index (Phi) is 6.03. The Morgan fingerprint density at radius 1 is 1.04 bits per heavy atom. The number of hydrogen-bond acceptors (Lipinski definition) is 4. The second kappa shape index (κ2) is 8.22. The van der Waals surface area contributed by atoms with Crippen molar-refractivity contribution < 1.29 is 19.0 Å². The Morgan fingerprint density at radius 2 is 1.83 bits per heavy atom. The van der Waals surface area contributed by atoms with Crippen molar-refractivity contribution in [2.24, 2.45) is 0 Å². The van der Waals surface area contributed by atoms with E-state index in [2.05, 4.69) is 0 Å². The van der Waals surface area contributed by atoms with Gasteiger partial charge in [-0.25, -0.2) is 0 Å². The normalized spacial score (nSPS) is 10.2. The molecule has 4 heteroatoms. The van der Waals surface area contributed by atoms with Gasteiger partial charge in [0, 0.05) is 0 Å². The molecular formula is C19H22O4. The number of carbonyl (C=O) groups excluding carboxylic acids is 1. The summed E-state index contributed by atoms with van der Waals surface area (Å²) in [6.07, 6.45) is 0.846. The quantitative estimate of drug-likeness (QED) is 0.573. The Balaban J connectivity index is 2.00. The number of rotatable bonds is 7. The number of aryl methyl sites for hydroxylation is 2. The van der Waals surface area contributed by atoms with Gasteiger partial charge in [-0.05, 0) is 49.6 Å². The lowest BCUT2D eigenvalue weighted by Crippen LogP contribution is -2.10. The Hall–Kier alpha value is -2.49. The van der Waals surface area contributed by atoms with Crippen LogP contribution in [0, 0.1) is 6.92 Å². The molecule has 0 unspecified atom stereocenters. The van der Waals surface area contributed by atoms with Gasteiger partial charge in [-0.3, -0.25) is 4.79 Å². The van der Waals surface area contributed by atoms with Gasteiger partial charge >= 0.3 is 5.97 Å². The van der Waals surface area contributed by atoms with Crippen molar-refractivity contribution >= 4 is 5.97 Å². The molecule has 0 aliphatic carbocycles. The van der Waals surface area contributed by atoms with Crippen LogP contribution in [-0.2, 0) is 11.2 Å². The highest BCUT2D eigenvalue weighted by atomic mass is 16.6. The van der Waals surface area contributed by atoms with E-state index in [1.54, 1.807) is 13.2 Å². The predicted molar refractivity (Wildman–Crippen MR) is 89.3 cm³/mol. The molecule has 0 fully saturated rings. The smallest absolute Gasteiger partial charge is 0.311 e. The molecule has 2 rings (SSSR count). The molecule has 2 aromatic carbocycles. The molecule has 0 bridgehead atoms. The van der Waals surface area contributed by atoms with Gasteiger partial charge in [0.2, 0.25) is 0 Å². The molecule has 0 aromatic heterocycles. The van der Waals surface area contributed by atoms with Crippen LogP contribution in [0.25, 0.3) is 0 Å². The van der Waals surface area contributed by atoms with Crippen molar-refractivity contribution in [3.05, 3.63) is 53.6 Å². The molecule has 0 aliphatic heterocycles. The van der Waals surface area contributed by atoms with Crippen molar-refractivity contribution in [2.45, 2.75) is 26.7 Å². The van der Waals surface area contributed by atoms with E-state index in [0.29, 0.717) is 24.5 Å². The van der Waals surface area contributed by atoms with Gasteiger partial charge < -0.3 is 14.2 Å². The van der Waals surface area contributed by atoms with Gasteiger partial charge in [-0.15, -0.1) is 0 Å². The molecule has 122 valence electrons. The van der Waals surface area contributed by atoms with Crippen LogP contribution in [0.3, 0.4) is 0 Å². The molecule has 0 radical (unpaired) electrons. The van der Waals surface area contributed by atoms with E-state index in [1.165, 1.54) is 0 Å². The topological polar surface area (TPSA) is 44.8 Å². The van der Waals surface area contributed by atoms with Crippen molar-refractivity contribution in [3.8, 4) is 17.2 Å². The molecule has 2 aromatic rings. The van der Waals surface area contributed by atoms with Crippen molar-refractivity contribution in [1.29, 1.82) is 0 Å². The molecule has 0 amide bonds. The van der Waals surface area contributed by atoms with E-state index in [9.17, 15) is 4.79 Å². The average Bonchev–Trinajstić information content (AvgIpc) is 2.56. The zero-order valence-electron chi connectivity index (χ0n) is 13.8. The van der Waals surface area contributed by atoms with Crippen LogP contribution < -0.4 is 14.2 Å². The van der Waals surface area contributed by atoms with E-state index in [-0.39, 0.29) is 12.4 Å². The monoisotopic (exact) mass is 314 g/mol. The number of carbonyl (C=O) groups is 1. The second-order valence-electron chi connectivity index (χ2n) is 5.17. The maximum atomic E-state index is 12.1. The summed E-state index contributed by atoms with van der Waals surface area (Å²) in [6, 6.07) is 13.2. The predicted octanol–water partition coefficient (Wildman–Crippen LogP) is 3.94. The first-order valence-electron chi connectivity index (χ1n) is 7.70. The first kappa shape index (κ1) is 16.9. The molecule has 0 aliphatic rings. The summed E-state index contributed by atoms with van der Waals surface area (Å²) in [7, 11) is 1.62. The molecule has 23 heavy (non-hydrogen) atoms. The largest absolute Gasteiger partial charge is 0.496 e. The zero-order valence-corrected chi connectivity index (χ0v) is 13.8. The summed E-state index contributed by atoms with van der Waals surface area (Å²) in [5.74, 6) is 1.55. The van der Waals surface area contributed by atoms with Gasteiger partial charge in [0.05, 0.1) is 20.1 Å². The lowest BCUT2D eigenvalue weighted by molar-refractivity contribution is -0.134. The fourth-order valence-corrected chi connectivity index (χ4v) is 2.29. The highest BCUT2D eigenvalue weighted by Gasteiger charge is 2.12. The molecule has 4 nitrogen and oxygen atoms in total. The maximum absolute atomic E-state index is 12.1. The molecule has 0 saturated heterocycles. The first-order valence-corrected chi connectivity index (χ1v) is 7.70. The number of hydrogen-bond donors (Lipinski definition) is 0. The lowest BCUT2D eigenvalue weighted by Gasteiger charge is -2.12. The van der Waals surface area contributed by atoms with Crippen LogP contribution in [0.2, 0.25) is 0 Å². The average molecular weight is 314 g/mol. The van der Waals surface area contributed by atoms with Gasteiger partial charge in [0.15, 0.2) is 11.5 Å². The summed E-state index contributed by atoms with van der Waals surface area (Å²) in [5, 5.41) is 0. The van der Waals surface area contributed by atoms with E-state index >= 15 is 0 Å². The molecule has 0 spiro atoms. The van der Waals surface area contributed by atoms with Gasteiger partial charge in [0.1, 0.15) is 5.75 Å². The third-order valence-electron chi connectivity index (χ3n) is 3.41. The maximum Gasteiger partial charge on any atom is 0.311 e. The fraction of sp³-hybridized carbons (Fsp3) is 0.316. The Morgan fingerprint density at radius 3 is 2.57 bits per heavy atom. The number of methoxy groups -OCH3 is 1. The van der Waals surface area contributed by atoms with Crippen LogP contribution in [-0.4, -0.2) is 19.7 Å². The van der Waals surface area contributed by atoms with Gasteiger partial charge in [-0.1, -0.05) is 24.3 Å². The van der Waals surface area contributed by atoms with Crippen molar-refractivity contribution in [3.63, 3.8) is 0 Å². The minimum absolute atomic E-state index is 0.278. The SMILES string of the molecule is CCOc1cc(C)ccc1OC(=O)CCc1ccccc1OC. The van der Waals surface area contributed by atoms with Crippen LogP contribution >= 0.6 is 0 Å². The molecule has 0 N–H and O–H groups in total. The number of para-hydroxylation sites is 1. The van der Waals surface area contributed by atoms with E-state index in [1.807, 2.05) is 50.2 Å². The summed E-state index contributed by atoms with van der Waals surface area (Å²) in [4.78, 5) is 12.1. The number of benzene rings is 2. The summed E-state index contributed by atoms with van der Waals surface area (Å²) in [6.45, 7) is 4.39. The standard InChI is InChI=1S/C19H22O4/c1-4-22-18-13-14(2)9-11-17(18)23-19(20)12-10-15-7-5-6-8-16(15)21-3/h5-9,11,13H,4,10,12H2,1-3H3. The molecule has 0 saturated carbocycles.